The Hall–Kier alpha value is -1.55. The summed E-state index contributed by atoms with van der Waals surface area (Å²) >= 11 is 0. The molecule has 1 aromatic carbocycles. The standard InChI is InChI=1S/C11H15NO3/c1-7(13)6-9-4-3-5-10(15)11(9)12-8(2)14/h3-5,7,13,15H,6H2,1-2H3,(H,12,14). The SMILES string of the molecule is CC(=O)Nc1c(O)cccc1CC(C)O. The lowest BCUT2D eigenvalue weighted by Crippen LogP contribution is -2.11. The molecule has 3 N–H and O–H groups in total. The Morgan fingerprint density at radius 3 is 2.73 bits per heavy atom. The first-order valence-corrected chi connectivity index (χ1v) is 4.77. The van der Waals surface area contributed by atoms with Crippen LogP contribution in [0.5, 0.6) is 5.75 Å². The fourth-order valence-corrected chi connectivity index (χ4v) is 1.40. The first-order chi connectivity index (χ1) is 7.00. The van der Waals surface area contributed by atoms with Gasteiger partial charge in [0, 0.05) is 13.3 Å². The number of amides is 1. The maximum atomic E-state index is 10.9. The maximum absolute atomic E-state index is 10.9. The van der Waals surface area contributed by atoms with Crippen LogP contribution in [-0.4, -0.2) is 22.2 Å². The fraction of sp³-hybridized carbons (Fsp3) is 0.364. The van der Waals surface area contributed by atoms with E-state index in [0.29, 0.717) is 12.1 Å². The Balaban J connectivity index is 3.02. The average Bonchev–Trinajstić information content (AvgIpc) is 2.09. The summed E-state index contributed by atoms with van der Waals surface area (Å²) in [4.78, 5) is 10.9. The van der Waals surface area contributed by atoms with Gasteiger partial charge in [0.25, 0.3) is 0 Å². The van der Waals surface area contributed by atoms with E-state index in [9.17, 15) is 15.0 Å². The number of aromatic hydroxyl groups is 1. The van der Waals surface area contributed by atoms with Gasteiger partial charge in [0.2, 0.25) is 5.91 Å². The number of phenolic OH excluding ortho intramolecular Hbond substituents is 1. The Bertz CT molecular complexity index is 361. The van der Waals surface area contributed by atoms with Crippen molar-refractivity contribution in [3.8, 4) is 5.75 Å². The molecule has 1 atom stereocenters. The third-order valence-corrected chi connectivity index (χ3v) is 1.95. The molecule has 0 saturated carbocycles. The minimum absolute atomic E-state index is 0.0170. The molecule has 0 fully saturated rings. The van der Waals surface area contributed by atoms with Crippen LogP contribution in [0.4, 0.5) is 5.69 Å². The molecule has 0 spiro atoms. The number of benzene rings is 1. The van der Waals surface area contributed by atoms with E-state index in [1.807, 2.05) is 0 Å². The summed E-state index contributed by atoms with van der Waals surface area (Å²) < 4.78 is 0. The number of hydrogen-bond acceptors (Lipinski definition) is 3. The van der Waals surface area contributed by atoms with Crippen molar-refractivity contribution in [2.75, 3.05) is 5.32 Å². The maximum Gasteiger partial charge on any atom is 0.221 e. The summed E-state index contributed by atoms with van der Waals surface area (Å²) in [6.07, 6.45) is -0.122. The van der Waals surface area contributed by atoms with E-state index in [2.05, 4.69) is 5.32 Å². The Morgan fingerprint density at radius 1 is 1.53 bits per heavy atom. The zero-order valence-electron chi connectivity index (χ0n) is 8.82. The molecule has 0 radical (unpaired) electrons. The second-order valence-electron chi connectivity index (χ2n) is 3.55. The largest absolute Gasteiger partial charge is 0.506 e. The molecule has 0 aliphatic carbocycles. The highest BCUT2D eigenvalue weighted by atomic mass is 16.3. The number of aliphatic hydroxyl groups excluding tert-OH is 1. The molecule has 0 bridgehead atoms. The van der Waals surface area contributed by atoms with Gasteiger partial charge in [-0.1, -0.05) is 12.1 Å². The summed E-state index contributed by atoms with van der Waals surface area (Å²) in [5, 5.41) is 21.4. The predicted molar refractivity (Wildman–Crippen MR) is 57.8 cm³/mol. The highest BCUT2D eigenvalue weighted by Crippen LogP contribution is 2.28. The van der Waals surface area contributed by atoms with Gasteiger partial charge in [-0.2, -0.15) is 0 Å². The van der Waals surface area contributed by atoms with Gasteiger partial charge in [-0.05, 0) is 18.6 Å². The second-order valence-corrected chi connectivity index (χ2v) is 3.55. The lowest BCUT2D eigenvalue weighted by atomic mass is 10.1. The number of phenols is 1. The number of para-hydroxylation sites is 1. The number of carbonyl (C=O) groups is 1. The van der Waals surface area contributed by atoms with Crippen LogP contribution in [0, 0.1) is 0 Å². The van der Waals surface area contributed by atoms with Crippen molar-refractivity contribution in [2.24, 2.45) is 0 Å². The highest BCUT2D eigenvalue weighted by molar-refractivity contribution is 5.91. The predicted octanol–water partition coefficient (Wildman–Crippen LogP) is 1.27. The number of hydrogen-bond donors (Lipinski definition) is 3. The Morgan fingerprint density at radius 2 is 2.20 bits per heavy atom. The average molecular weight is 209 g/mol. The Kier molecular flexibility index (Phi) is 3.68. The van der Waals surface area contributed by atoms with Gasteiger partial charge in [0.05, 0.1) is 11.8 Å². The van der Waals surface area contributed by atoms with E-state index >= 15 is 0 Å². The number of rotatable bonds is 3. The first-order valence-electron chi connectivity index (χ1n) is 4.77. The van der Waals surface area contributed by atoms with Gasteiger partial charge < -0.3 is 15.5 Å². The highest BCUT2D eigenvalue weighted by Gasteiger charge is 2.10. The fourth-order valence-electron chi connectivity index (χ4n) is 1.40. The quantitative estimate of drug-likeness (QED) is 0.657. The van der Waals surface area contributed by atoms with Gasteiger partial charge in [0.1, 0.15) is 5.75 Å². The third-order valence-electron chi connectivity index (χ3n) is 1.95. The smallest absolute Gasteiger partial charge is 0.221 e. The first kappa shape index (κ1) is 11.5. The van der Waals surface area contributed by atoms with Gasteiger partial charge in [-0.15, -0.1) is 0 Å². The van der Waals surface area contributed by atoms with Gasteiger partial charge in [-0.25, -0.2) is 0 Å². The molecular formula is C11H15NO3. The van der Waals surface area contributed by atoms with Crippen molar-refractivity contribution >= 4 is 11.6 Å². The van der Waals surface area contributed by atoms with Gasteiger partial charge in [-0.3, -0.25) is 4.79 Å². The van der Waals surface area contributed by atoms with Gasteiger partial charge >= 0.3 is 0 Å². The summed E-state index contributed by atoms with van der Waals surface area (Å²) in [6, 6.07) is 4.94. The normalized spacial score (nSPS) is 12.2. The van der Waals surface area contributed by atoms with Crippen LogP contribution in [0.3, 0.4) is 0 Å². The lowest BCUT2D eigenvalue weighted by Gasteiger charge is -2.12. The topological polar surface area (TPSA) is 69.6 Å². The van der Waals surface area contributed by atoms with E-state index in [-0.39, 0.29) is 11.7 Å². The van der Waals surface area contributed by atoms with Crippen molar-refractivity contribution in [1.82, 2.24) is 0 Å². The van der Waals surface area contributed by atoms with Crippen molar-refractivity contribution in [3.05, 3.63) is 23.8 Å². The molecule has 0 aliphatic heterocycles. The van der Waals surface area contributed by atoms with Crippen LogP contribution in [-0.2, 0) is 11.2 Å². The molecule has 82 valence electrons. The van der Waals surface area contributed by atoms with E-state index in [1.54, 1.807) is 19.1 Å². The molecular weight excluding hydrogens is 194 g/mol. The molecule has 0 saturated heterocycles. The lowest BCUT2D eigenvalue weighted by molar-refractivity contribution is -0.114. The van der Waals surface area contributed by atoms with E-state index in [0.717, 1.165) is 5.56 Å². The van der Waals surface area contributed by atoms with Gasteiger partial charge in [0.15, 0.2) is 0 Å². The number of aliphatic hydroxyl groups is 1. The van der Waals surface area contributed by atoms with Crippen LogP contribution in [0.15, 0.2) is 18.2 Å². The zero-order valence-corrected chi connectivity index (χ0v) is 8.82. The summed E-state index contributed by atoms with van der Waals surface area (Å²) in [5.41, 5.74) is 1.10. The molecule has 1 aromatic rings. The van der Waals surface area contributed by atoms with Crippen molar-refractivity contribution in [1.29, 1.82) is 0 Å². The minimum Gasteiger partial charge on any atom is -0.506 e. The van der Waals surface area contributed by atoms with E-state index in [1.165, 1.54) is 13.0 Å². The van der Waals surface area contributed by atoms with Crippen molar-refractivity contribution in [2.45, 2.75) is 26.4 Å². The molecule has 4 heteroatoms. The van der Waals surface area contributed by atoms with Crippen LogP contribution in [0.25, 0.3) is 0 Å². The number of carbonyl (C=O) groups excluding carboxylic acids is 1. The van der Waals surface area contributed by atoms with Crippen LogP contribution in [0.2, 0.25) is 0 Å². The monoisotopic (exact) mass is 209 g/mol. The van der Waals surface area contributed by atoms with Crippen LogP contribution < -0.4 is 5.32 Å². The summed E-state index contributed by atoms with van der Waals surface area (Å²) in [5.74, 6) is -0.230. The summed E-state index contributed by atoms with van der Waals surface area (Å²) in [6.45, 7) is 3.03. The summed E-state index contributed by atoms with van der Waals surface area (Å²) in [7, 11) is 0. The van der Waals surface area contributed by atoms with Crippen LogP contribution in [0.1, 0.15) is 19.4 Å². The van der Waals surface area contributed by atoms with E-state index < -0.39 is 6.10 Å². The molecule has 1 rings (SSSR count). The molecule has 0 aliphatic rings. The third kappa shape index (κ3) is 3.25. The number of anilines is 1. The molecule has 0 aromatic heterocycles. The molecule has 15 heavy (non-hydrogen) atoms. The van der Waals surface area contributed by atoms with Crippen LogP contribution >= 0.6 is 0 Å². The number of nitrogens with one attached hydrogen (secondary N) is 1. The Labute approximate surface area is 88.6 Å². The van der Waals surface area contributed by atoms with Crippen molar-refractivity contribution < 1.29 is 15.0 Å². The van der Waals surface area contributed by atoms with Crippen molar-refractivity contribution in [3.63, 3.8) is 0 Å². The molecule has 1 unspecified atom stereocenters. The molecule has 4 nitrogen and oxygen atoms in total. The second kappa shape index (κ2) is 4.79. The molecule has 0 heterocycles. The minimum atomic E-state index is -0.515. The zero-order chi connectivity index (χ0) is 11.4. The molecule has 1 amide bonds. The van der Waals surface area contributed by atoms with E-state index in [4.69, 9.17) is 0 Å².